The number of nitrogens with one attached hydrogen (secondary N) is 1. The molecule has 1 aromatic carbocycles. The van der Waals surface area contributed by atoms with Gasteiger partial charge in [-0.3, -0.25) is 0 Å². The molecule has 1 aliphatic carbocycles. The van der Waals surface area contributed by atoms with Gasteiger partial charge >= 0.3 is 0 Å². The molecule has 0 aromatic heterocycles. The minimum Gasteiger partial charge on any atom is -0.213 e. The van der Waals surface area contributed by atoms with E-state index >= 15 is 0 Å². The van der Waals surface area contributed by atoms with Gasteiger partial charge in [0.2, 0.25) is 10.0 Å². The van der Waals surface area contributed by atoms with Crippen LogP contribution in [-0.2, 0) is 29.3 Å². The highest BCUT2D eigenvalue weighted by Gasteiger charge is 2.21. The van der Waals surface area contributed by atoms with E-state index in [-0.39, 0.29) is 6.04 Å². The van der Waals surface area contributed by atoms with E-state index in [0.29, 0.717) is 0 Å². The molecule has 1 unspecified atom stereocenters. The van der Waals surface area contributed by atoms with Gasteiger partial charge in [-0.05, 0) is 42.4 Å². The minimum absolute atomic E-state index is 0.0598. The molecule has 17 heavy (non-hydrogen) atoms. The molecule has 0 fully saturated rings. The Balaban J connectivity index is 2.17. The van der Waals surface area contributed by atoms with Crippen molar-refractivity contribution in [3.05, 3.63) is 34.9 Å². The zero-order valence-corrected chi connectivity index (χ0v) is 11.2. The topological polar surface area (TPSA) is 46.2 Å². The summed E-state index contributed by atoms with van der Waals surface area (Å²) in [6, 6.07) is 6.63. The Morgan fingerprint density at radius 2 is 2.12 bits per heavy atom. The Morgan fingerprint density at radius 3 is 2.76 bits per heavy atom. The fourth-order valence-electron chi connectivity index (χ4n) is 2.43. The van der Waals surface area contributed by atoms with Crippen LogP contribution in [0.1, 0.15) is 30.0 Å². The number of hydrogen-bond donors (Lipinski definition) is 1. The van der Waals surface area contributed by atoms with E-state index < -0.39 is 10.0 Å². The highest BCUT2D eigenvalue weighted by Crippen LogP contribution is 2.23. The van der Waals surface area contributed by atoms with Gasteiger partial charge in [0.05, 0.1) is 6.26 Å². The summed E-state index contributed by atoms with van der Waals surface area (Å²) < 4.78 is 25.2. The number of sulfonamides is 1. The number of fused-ring (bicyclic) bond motifs is 1. The van der Waals surface area contributed by atoms with Crippen molar-refractivity contribution in [1.29, 1.82) is 0 Å². The zero-order valence-electron chi connectivity index (χ0n) is 10.4. The summed E-state index contributed by atoms with van der Waals surface area (Å²) in [5, 5.41) is 0. The third kappa shape index (κ3) is 3.30. The Hall–Kier alpha value is -0.870. The van der Waals surface area contributed by atoms with Crippen LogP contribution >= 0.6 is 0 Å². The molecule has 1 aromatic rings. The third-order valence-corrected chi connectivity index (χ3v) is 4.05. The molecule has 0 heterocycles. The Morgan fingerprint density at radius 1 is 1.35 bits per heavy atom. The van der Waals surface area contributed by atoms with E-state index in [0.717, 1.165) is 25.7 Å². The second-order valence-corrected chi connectivity index (χ2v) is 6.57. The third-order valence-electron chi connectivity index (χ3n) is 3.29. The highest BCUT2D eigenvalue weighted by atomic mass is 32.2. The smallest absolute Gasteiger partial charge is 0.208 e. The second-order valence-electron chi connectivity index (χ2n) is 4.79. The van der Waals surface area contributed by atoms with E-state index in [1.165, 1.54) is 22.9 Å². The van der Waals surface area contributed by atoms with E-state index in [1.807, 2.05) is 0 Å². The van der Waals surface area contributed by atoms with Crippen LogP contribution in [0.5, 0.6) is 0 Å². The van der Waals surface area contributed by atoms with Crippen molar-refractivity contribution in [2.45, 2.75) is 38.6 Å². The maximum absolute atomic E-state index is 11.2. The Kier molecular flexibility index (Phi) is 3.54. The number of rotatable bonds is 3. The maximum Gasteiger partial charge on any atom is 0.208 e. The average molecular weight is 253 g/mol. The van der Waals surface area contributed by atoms with Gasteiger partial charge in [0.25, 0.3) is 0 Å². The Bertz CT molecular complexity index is 508. The first-order valence-electron chi connectivity index (χ1n) is 6.06. The lowest BCUT2D eigenvalue weighted by atomic mass is 9.87. The van der Waals surface area contributed by atoms with Crippen molar-refractivity contribution in [3.63, 3.8) is 0 Å². The average Bonchev–Trinajstić information content (AvgIpc) is 2.26. The summed E-state index contributed by atoms with van der Waals surface area (Å²) >= 11 is 0. The van der Waals surface area contributed by atoms with Crippen molar-refractivity contribution in [1.82, 2.24) is 4.72 Å². The molecule has 0 saturated heterocycles. The monoisotopic (exact) mass is 253 g/mol. The van der Waals surface area contributed by atoms with Crippen molar-refractivity contribution in [2.24, 2.45) is 0 Å². The lowest BCUT2D eigenvalue weighted by Gasteiger charge is -2.25. The lowest BCUT2D eigenvalue weighted by Crippen LogP contribution is -2.38. The van der Waals surface area contributed by atoms with Crippen LogP contribution in [-0.4, -0.2) is 20.7 Å². The van der Waals surface area contributed by atoms with Gasteiger partial charge in [0.1, 0.15) is 0 Å². The summed E-state index contributed by atoms with van der Waals surface area (Å²) in [6.07, 6.45) is 4.93. The number of benzene rings is 1. The summed E-state index contributed by atoms with van der Waals surface area (Å²) in [4.78, 5) is 0. The first-order chi connectivity index (χ1) is 7.98. The zero-order chi connectivity index (χ0) is 12.5. The summed E-state index contributed by atoms with van der Waals surface area (Å²) in [7, 11) is -3.09. The molecule has 94 valence electrons. The summed E-state index contributed by atoms with van der Waals surface area (Å²) in [6.45, 7) is 2.14. The van der Waals surface area contributed by atoms with Gasteiger partial charge in [-0.15, -0.1) is 0 Å². The molecule has 1 aliphatic rings. The molecule has 0 amide bonds. The number of hydrogen-bond acceptors (Lipinski definition) is 2. The highest BCUT2D eigenvalue weighted by molar-refractivity contribution is 7.88. The molecular formula is C13H19NO2S. The molecule has 1 atom stereocenters. The van der Waals surface area contributed by atoms with Crippen molar-refractivity contribution in [2.75, 3.05) is 6.26 Å². The van der Waals surface area contributed by atoms with Crippen LogP contribution in [0.2, 0.25) is 0 Å². The van der Waals surface area contributed by atoms with Gasteiger partial charge in [-0.2, -0.15) is 0 Å². The predicted molar refractivity (Wildman–Crippen MR) is 69.6 cm³/mol. The molecule has 0 bridgehead atoms. The molecular weight excluding hydrogens is 234 g/mol. The van der Waals surface area contributed by atoms with Gasteiger partial charge in [0.15, 0.2) is 0 Å². The molecule has 1 N–H and O–H groups in total. The molecule has 0 spiro atoms. The standard InChI is InChI=1S/C13H19NO2S/c1-3-10-4-5-11-6-7-13(9-12(11)8-10)14-17(2,15)16/h4-5,8,13-14H,3,6-7,9H2,1-2H3. The largest absolute Gasteiger partial charge is 0.213 e. The second kappa shape index (κ2) is 4.78. The van der Waals surface area contributed by atoms with Gasteiger partial charge < -0.3 is 0 Å². The van der Waals surface area contributed by atoms with Crippen LogP contribution < -0.4 is 4.72 Å². The first kappa shape index (κ1) is 12.6. The summed E-state index contributed by atoms with van der Waals surface area (Å²) in [5.41, 5.74) is 3.99. The molecule has 4 heteroatoms. The molecule has 0 saturated carbocycles. The van der Waals surface area contributed by atoms with E-state index in [4.69, 9.17) is 0 Å². The van der Waals surface area contributed by atoms with Crippen molar-refractivity contribution in [3.8, 4) is 0 Å². The Labute approximate surface area is 103 Å². The maximum atomic E-state index is 11.2. The molecule has 0 aliphatic heterocycles. The van der Waals surface area contributed by atoms with Crippen LogP contribution in [0.4, 0.5) is 0 Å². The van der Waals surface area contributed by atoms with Crippen LogP contribution in [0.3, 0.4) is 0 Å². The molecule has 2 rings (SSSR count). The fourth-order valence-corrected chi connectivity index (χ4v) is 3.24. The minimum atomic E-state index is -3.09. The summed E-state index contributed by atoms with van der Waals surface area (Å²) in [5.74, 6) is 0. The quantitative estimate of drug-likeness (QED) is 0.890. The molecule has 3 nitrogen and oxygen atoms in total. The van der Waals surface area contributed by atoms with Crippen LogP contribution in [0.15, 0.2) is 18.2 Å². The van der Waals surface area contributed by atoms with Crippen molar-refractivity contribution < 1.29 is 8.42 Å². The lowest BCUT2D eigenvalue weighted by molar-refractivity contribution is 0.510. The van der Waals surface area contributed by atoms with Gasteiger partial charge in [-0.1, -0.05) is 25.1 Å². The predicted octanol–water partition coefficient (Wildman–Crippen LogP) is 1.66. The van der Waals surface area contributed by atoms with E-state index in [2.05, 4.69) is 29.8 Å². The molecule has 0 radical (unpaired) electrons. The van der Waals surface area contributed by atoms with E-state index in [9.17, 15) is 8.42 Å². The van der Waals surface area contributed by atoms with Crippen molar-refractivity contribution >= 4 is 10.0 Å². The van der Waals surface area contributed by atoms with Gasteiger partial charge in [0, 0.05) is 6.04 Å². The van der Waals surface area contributed by atoms with Gasteiger partial charge in [-0.25, -0.2) is 13.1 Å². The normalized spacial score (nSPS) is 20.0. The number of aryl methyl sites for hydroxylation is 2. The van der Waals surface area contributed by atoms with Crippen LogP contribution in [0.25, 0.3) is 0 Å². The van der Waals surface area contributed by atoms with E-state index in [1.54, 1.807) is 0 Å². The fraction of sp³-hybridized carbons (Fsp3) is 0.538. The van der Waals surface area contributed by atoms with Crippen LogP contribution in [0, 0.1) is 0 Å². The first-order valence-corrected chi connectivity index (χ1v) is 7.95. The SMILES string of the molecule is CCc1ccc2c(c1)CC(NS(C)(=O)=O)CC2.